The van der Waals surface area contributed by atoms with Crippen LogP contribution in [0, 0.1) is 0 Å². The Labute approximate surface area is 219 Å². The van der Waals surface area contributed by atoms with Gasteiger partial charge in [-0.05, 0) is 60.9 Å². The third kappa shape index (κ3) is 8.27. The second kappa shape index (κ2) is 13.9. The molecule has 0 aliphatic carbocycles. The highest BCUT2D eigenvalue weighted by Gasteiger charge is 2.31. The van der Waals surface area contributed by atoms with Crippen molar-refractivity contribution in [3.8, 4) is 17.2 Å². The Morgan fingerprint density at radius 3 is 2.14 bits per heavy atom. The monoisotopic (exact) mass is 504 g/mol. The minimum Gasteiger partial charge on any atom is -0.497 e. The summed E-state index contributed by atoms with van der Waals surface area (Å²) in [6.07, 6.45) is 1.16. The summed E-state index contributed by atoms with van der Waals surface area (Å²) >= 11 is 0. The summed E-state index contributed by atoms with van der Waals surface area (Å²) in [7, 11) is 3.19. The third-order valence-electron chi connectivity index (χ3n) is 6.18. The Bertz CT molecular complexity index is 1130. The van der Waals surface area contributed by atoms with Crippen LogP contribution in [0.25, 0.3) is 0 Å². The van der Waals surface area contributed by atoms with Gasteiger partial charge in [0, 0.05) is 19.0 Å². The predicted molar refractivity (Wildman–Crippen MR) is 144 cm³/mol. The van der Waals surface area contributed by atoms with E-state index in [0.717, 1.165) is 17.5 Å². The van der Waals surface area contributed by atoms with Crippen LogP contribution in [0.3, 0.4) is 0 Å². The summed E-state index contributed by atoms with van der Waals surface area (Å²) in [6, 6.07) is 23.5. The molecule has 3 aromatic carbocycles. The molecule has 0 fully saturated rings. The molecule has 0 unspecified atom stereocenters. The van der Waals surface area contributed by atoms with Crippen molar-refractivity contribution in [2.45, 2.75) is 45.3 Å². The van der Waals surface area contributed by atoms with Gasteiger partial charge in [-0.1, -0.05) is 49.4 Å². The minimum absolute atomic E-state index is 0.0184. The number of nitrogens with one attached hydrogen (secondary N) is 1. The molecular weight excluding hydrogens is 468 g/mol. The van der Waals surface area contributed by atoms with Crippen LogP contribution in [-0.4, -0.2) is 49.6 Å². The van der Waals surface area contributed by atoms with Crippen LogP contribution in [0.2, 0.25) is 0 Å². The summed E-state index contributed by atoms with van der Waals surface area (Å²) in [5.74, 6) is 1.43. The summed E-state index contributed by atoms with van der Waals surface area (Å²) in [6.45, 7) is 3.99. The van der Waals surface area contributed by atoms with Gasteiger partial charge >= 0.3 is 0 Å². The number of nitrogens with zero attached hydrogens (tertiary/aromatic N) is 1. The number of rotatable bonds is 13. The van der Waals surface area contributed by atoms with Crippen LogP contribution in [0.4, 0.5) is 0 Å². The van der Waals surface area contributed by atoms with Gasteiger partial charge in [-0.25, -0.2) is 0 Å². The van der Waals surface area contributed by atoms with Gasteiger partial charge in [-0.3, -0.25) is 9.59 Å². The van der Waals surface area contributed by atoms with E-state index in [1.165, 1.54) is 0 Å². The van der Waals surface area contributed by atoms with Gasteiger partial charge in [0.15, 0.2) is 6.61 Å². The molecule has 2 amide bonds. The molecule has 0 spiro atoms. The largest absolute Gasteiger partial charge is 0.497 e. The van der Waals surface area contributed by atoms with Crippen LogP contribution in [0.15, 0.2) is 78.9 Å². The molecule has 0 saturated carbocycles. The Morgan fingerprint density at radius 2 is 1.49 bits per heavy atom. The van der Waals surface area contributed by atoms with Crippen molar-refractivity contribution in [1.82, 2.24) is 10.2 Å². The third-order valence-corrected chi connectivity index (χ3v) is 6.18. The lowest BCUT2D eigenvalue weighted by atomic mass is 10.0. The zero-order valence-corrected chi connectivity index (χ0v) is 22.0. The molecule has 0 aliphatic heterocycles. The molecule has 7 heteroatoms. The highest BCUT2D eigenvalue weighted by atomic mass is 16.5. The Morgan fingerprint density at radius 1 is 0.838 bits per heavy atom. The zero-order valence-electron chi connectivity index (χ0n) is 22.0. The molecule has 7 nitrogen and oxygen atoms in total. The lowest BCUT2D eigenvalue weighted by molar-refractivity contribution is -0.143. The van der Waals surface area contributed by atoms with E-state index in [0.29, 0.717) is 23.7 Å². The van der Waals surface area contributed by atoms with Crippen molar-refractivity contribution >= 4 is 11.8 Å². The molecule has 0 heterocycles. The van der Waals surface area contributed by atoms with E-state index in [4.69, 9.17) is 14.2 Å². The quantitative estimate of drug-likeness (QED) is 0.367. The van der Waals surface area contributed by atoms with Crippen molar-refractivity contribution in [3.63, 3.8) is 0 Å². The van der Waals surface area contributed by atoms with E-state index in [1.807, 2.05) is 68.4 Å². The van der Waals surface area contributed by atoms with Crippen LogP contribution < -0.4 is 19.5 Å². The molecule has 0 bridgehead atoms. The van der Waals surface area contributed by atoms with E-state index < -0.39 is 6.04 Å². The second-order valence-corrected chi connectivity index (χ2v) is 8.86. The van der Waals surface area contributed by atoms with E-state index in [1.54, 1.807) is 43.4 Å². The van der Waals surface area contributed by atoms with Gasteiger partial charge in [-0.15, -0.1) is 0 Å². The van der Waals surface area contributed by atoms with Crippen molar-refractivity contribution in [2.75, 3.05) is 20.8 Å². The Hall–Kier alpha value is -4.00. The number of carbonyl (C=O) groups excluding carboxylic acids is 2. The van der Waals surface area contributed by atoms with Crippen LogP contribution in [0.5, 0.6) is 17.2 Å². The van der Waals surface area contributed by atoms with Crippen molar-refractivity contribution in [2.24, 2.45) is 0 Å². The number of hydrogen-bond acceptors (Lipinski definition) is 5. The summed E-state index contributed by atoms with van der Waals surface area (Å²) in [5.41, 5.74) is 1.82. The summed E-state index contributed by atoms with van der Waals surface area (Å²) < 4.78 is 16.4. The van der Waals surface area contributed by atoms with Gasteiger partial charge in [0.05, 0.1) is 14.2 Å². The summed E-state index contributed by atoms with van der Waals surface area (Å²) in [4.78, 5) is 28.8. The average molecular weight is 505 g/mol. The number of carbonyl (C=O) groups is 2. The molecule has 3 aromatic rings. The number of amides is 2. The number of methoxy groups -OCH3 is 2. The highest BCUT2D eigenvalue weighted by Crippen LogP contribution is 2.20. The van der Waals surface area contributed by atoms with Crippen molar-refractivity contribution in [3.05, 3.63) is 90.0 Å². The predicted octanol–water partition coefficient (Wildman–Crippen LogP) is 4.64. The zero-order chi connectivity index (χ0) is 26.6. The molecule has 37 heavy (non-hydrogen) atoms. The fourth-order valence-electron chi connectivity index (χ4n) is 3.86. The number of hydrogen-bond donors (Lipinski definition) is 1. The van der Waals surface area contributed by atoms with Crippen LogP contribution in [-0.2, 0) is 22.6 Å². The van der Waals surface area contributed by atoms with Gasteiger partial charge in [-0.2, -0.15) is 0 Å². The summed E-state index contributed by atoms with van der Waals surface area (Å²) in [5, 5.41) is 3.07. The standard InChI is InChI=1S/C30H36N2O5/c1-5-22(2)31-30(34)28(19-23-10-7-6-8-11-23)32(20-24-12-9-13-27(18-24)36-4)29(33)21-37-26-16-14-25(35-3)15-17-26/h6-18,22,28H,5,19-21H2,1-4H3,(H,31,34)/t22-,28-/m1/s1. The lowest BCUT2D eigenvalue weighted by Gasteiger charge is -2.32. The first-order valence-corrected chi connectivity index (χ1v) is 12.5. The minimum atomic E-state index is -0.727. The smallest absolute Gasteiger partial charge is 0.261 e. The lowest BCUT2D eigenvalue weighted by Crippen LogP contribution is -2.53. The van der Waals surface area contributed by atoms with Gasteiger partial charge < -0.3 is 24.4 Å². The molecule has 0 saturated heterocycles. The normalized spacial score (nSPS) is 12.2. The molecule has 0 radical (unpaired) electrons. The molecule has 0 aliphatic rings. The topological polar surface area (TPSA) is 77.1 Å². The molecule has 3 rings (SSSR count). The first-order valence-electron chi connectivity index (χ1n) is 12.5. The maximum absolute atomic E-state index is 13.7. The molecule has 196 valence electrons. The number of ether oxygens (including phenoxy) is 3. The van der Waals surface area contributed by atoms with E-state index in [2.05, 4.69) is 5.32 Å². The molecular formula is C30H36N2O5. The maximum atomic E-state index is 13.7. The fourth-order valence-corrected chi connectivity index (χ4v) is 3.86. The van der Waals surface area contributed by atoms with Crippen molar-refractivity contribution in [1.29, 1.82) is 0 Å². The maximum Gasteiger partial charge on any atom is 0.261 e. The van der Waals surface area contributed by atoms with Crippen molar-refractivity contribution < 1.29 is 23.8 Å². The molecule has 1 N–H and O–H groups in total. The first-order chi connectivity index (χ1) is 17.9. The van der Waals surface area contributed by atoms with E-state index in [9.17, 15) is 9.59 Å². The van der Waals surface area contributed by atoms with Gasteiger partial charge in [0.1, 0.15) is 23.3 Å². The van der Waals surface area contributed by atoms with Gasteiger partial charge in [0.2, 0.25) is 5.91 Å². The Balaban J connectivity index is 1.91. The SMILES string of the molecule is CC[C@@H](C)NC(=O)[C@@H](Cc1ccccc1)N(Cc1cccc(OC)c1)C(=O)COc1ccc(OC)cc1. The number of benzene rings is 3. The molecule has 0 aromatic heterocycles. The van der Waals surface area contributed by atoms with E-state index in [-0.39, 0.29) is 31.0 Å². The van der Waals surface area contributed by atoms with E-state index >= 15 is 0 Å². The first kappa shape index (κ1) is 27.6. The fraction of sp³-hybridized carbons (Fsp3) is 0.333. The van der Waals surface area contributed by atoms with Gasteiger partial charge in [0.25, 0.3) is 5.91 Å². The molecule has 2 atom stereocenters. The van der Waals surface area contributed by atoms with Crippen LogP contribution in [0.1, 0.15) is 31.4 Å². The second-order valence-electron chi connectivity index (χ2n) is 8.86. The average Bonchev–Trinajstić information content (AvgIpc) is 2.94. The Kier molecular flexibility index (Phi) is 10.4. The highest BCUT2D eigenvalue weighted by molar-refractivity contribution is 5.88. The van der Waals surface area contributed by atoms with Crippen LogP contribution >= 0.6 is 0 Å².